The summed E-state index contributed by atoms with van der Waals surface area (Å²) in [5.74, 6) is 0.102. The fourth-order valence-corrected chi connectivity index (χ4v) is 4.78. The molecule has 3 rings (SSSR count). The van der Waals surface area contributed by atoms with Crippen LogP contribution in [0.25, 0.3) is 0 Å². The minimum atomic E-state index is -3.49. The Hall–Kier alpha value is -2.18. The Labute approximate surface area is 161 Å². The van der Waals surface area contributed by atoms with Gasteiger partial charge in [0.25, 0.3) is 0 Å². The van der Waals surface area contributed by atoms with Crippen LogP contribution >= 0.6 is 0 Å². The van der Waals surface area contributed by atoms with Crippen LogP contribution in [0.5, 0.6) is 0 Å². The first-order valence-electron chi connectivity index (χ1n) is 9.29. The zero-order valence-corrected chi connectivity index (χ0v) is 16.8. The van der Waals surface area contributed by atoms with E-state index in [0.29, 0.717) is 12.8 Å². The molecule has 1 amide bonds. The molecule has 5 nitrogen and oxygen atoms in total. The lowest BCUT2D eigenvalue weighted by Gasteiger charge is -2.22. The number of nitrogens with zero attached hydrogens (tertiary/aromatic N) is 1. The van der Waals surface area contributed by atoms with Crippen LogP contribution in [0, 0.1) is 0 Å². The van der Waals surface area contributed by atoms with Gasteiger partial charge >= 0.3 is 0 Å². The molecule has 0 fully saturated rings. The van der Waals surface area contributed by atoms with Crippen molar-refractivity contribution in [3.8, 4) is 0 Å². The molecule has 0 aromatic heterocycles. The Bertz CT molecular complexity index is 921. The first kappa shape index (κ1) is 19.6. The summed E-state index contributed by atoms with van der Waals surface area (Å²) in [5.41, 5.74) is 3.17. The maximum Gasteiger partial charge on any atom is 0.240 e. The van der Waals surface area contributed by atoms with Crippen LogP contribution in [0.4, 0.5) is 5.69 Å². The van der Waals surface area contributed by atoms with Crippen molar-refractivity contribution in [2.45, 2.75) is 57.0 Å². The molecule has 0 saturated carbocycles. The van der Waals surface area contributed by atoms with E-state index in [1.54, 1.807) is 38.1 Å². The zero-order chi connectivity index (χ0) is 19.6. The van der Waals surface area contributed by atoms with E-state index in [0.717, 1.165) is 17.7 Å². The Morgan fingerprint density at radius 2 is 1.81 bits per heavy atom. The molecular weight excluding hydrogens is 360 g/mol. The van der Waals surface area contributed by atoms with Gasteiger partial charge in [0, 0.05) is 24.2 Å². The maximum absolute atomic E-state index is 12.8. The predicted octanol–water partition coefficient (Wildman–Crippen LogP) is 3.28. The Morgan fingerprint density at radius 1 is 1.15 bits per heavy atom. The summed E-state index contributed by atoms with van der Waals surface area (Å²) in [6.45, 7) is 5.64. The Morgan fingerprint density at radius 3 is 2.48 bits per heavy atom. The summed E-state index contributed by atoms with van der Waals surface area (Å²) in [6, 6.07) is 14.8. The van der Waals surface area contributed by atoms with Gasteiger partial charge in [-0.25, -0.2) is 13.1 Å². The fourth-order valence-electron chi connectivity index (χ4n) is 3.53. The fraction of sp³-hybridized carbons (Fsp3) is 0.381. The summed E-state index contributed by atoms with van der Waals surface area (Å²) < 4.78 is 26.9. The van der Waals surface area contributed by atoms with E-state index in [1.165, 1.54) is 5.56 Å². The van der Waals surface area contributed by atoms with Crippen LogP contribution in [0.1, 0.15) is 38.3 Å². The van der Waals surface area contributed by atoms with Gasteiger partial charge in [-0.2, -0.15) is 0 Å². The molecule has 2 aromatic carbocycles. The highest BCUT2D eigenvalue weighted by atomic mass is 32.2. The third-order valence-electron chi connectivity index (χ3n) is 4.73. The highest BCUT2D eigenvalue weighted by Crippen LogP contribution is 2.32. The second-order valence-corrected chi connectivity index (χ2v) is 9.08. The summed E-state index contributed by atoms with van der Waals surface area (Å²) in [4.78, 5) is 14.9. The van der Waals surface area contributed by atoms with Gasteiger partial charge in [-0.3, -0.25) is 4.79 Å². The molecule has 0 saturated heterocycles. The van der Waals surface area contributed by atoms with Crippen molar-refractivity contribution in [2.24, 2.45) is 0 Å². The smallest absolute Gasteiger partial charge is 0.240 e. The Balaban J connectivity index is 1.65. The van der Waals surface area contributed by atoms with Gasteiger partial charge in [-0.15, -0.1) is 0 Å². The standard InChI is InChI=1S/C21H26N2O3S/c1-15(2)22-27(25,26)19-11-8-17(9-12-19)10-13-21(24)23-16(3)14-18-6-4-5-7-20(18)23/h4-9,11-12,15-16,22H,10,13-14H2,1-3H3. The normalized spacial score (nSPS) is 16.6. The summed E-state index contributed by atoms with van der Waals surface area (Å²) in [6.07, 6.45) is 1.87. The van der Waals surface area contributed by atoms with E-state index in [2.05, 4.69) is 17.7 Å². The highest BCUT2D eigenvalue weighted by molar-refractivity contribution is 7.89. The molecule has 1 N–H and O–H groups in total. The lowest BCUT2D eigenvalue weighted by Crippen LogP contribution is -2.35. The van der Waals surface area contributed by atoms with Crippen LogP contribution in [-0.4, -0.2) is 26.4 Å². The lowest BCUT2D eigenvalue weighted by atomic mass is 10.1. The minimum absolute atomic E-state index is 0.102. The molecule has 0 radical (unpaired) electrons. The number of anilines is 1. The van der Waals surface area contributed by atoms with E-state index in [9.17, 15) is 13.2 Å². The molecule has 1 unspecified atom stereocenters. The molecule has 6 heteroatoms. The average molecular weight is 387 g/mol. The first-order valence-corrected chi connectivity index (χ1v) is 10.8. The van der Waals surface area contributed by atoms with E-state index in [1.807, 2.05) is 23.1 Å². The monoisotopic (exact) mass is 386 g/mol. The molecule has 1 aliphatic rings. The summed E-state index contributed by atoms with van der Waals surface area (Å²) in [7, 11) is -3.49. The van der Waals surface area contributed by atoms with Gasteiger partial charge in [0.15, 0.2) is 0 Å². The van der Waals surface area contributed by atoms with Crippen molar-refractivity contribution >= 4 is 21.6 Å². The third-order valence-corrected chi connectivity index (χ3v) is 6.40. The van der Waals surface area contributed by atoms with Crippen molar-refractivity contribution in [1.29, 1.82) is 0 Å². The number of amides is 1. The lowest BCUT2D eigenvalue weighted by molar-refractivity contribution is -0.118. The molecule has 2 aromatic rings. The van der Waals surface area contributed by atoms with E-state index >= 15 is 0 Å². The number of hydrogen-bond donors (Lipinski definition) is 1. The average Bonchev–Trinajstić information content (AvgIpc) is 2.94. The topological polar surface area (TPSA) is 66.5 Å². The van der Waals surface area contributed by atoms with E-state index in [-0.39, 0.29) is 22.9 Å². The number of carbonyl (C=O) groups is 1. The van der Waals surface area contributed by atoms with Crippen LogP contribution in [0.2, 0.25) is 0 Å². The molecule has 0 aliphatic carbocycles. The SMILES string of the molecule is CC(C)NS(=O)(=O)c1ccc(CCC(=O)N2c3ccccc3CC2C)cc1. The number of rotatable bonds is 6. The zero-order valence-electron chi connectivity index (χ0n) is 16.0. The number of hydrogen-bond acceptors (Lipinski definition) is 3. The number of fused-ring (bicyclic) bond motifs is 1. The van der Waals surface area contributed by atoms with Crippen molar-refractivity contribution in [2.75, 3.05) is 4.90 Å². The third kappa shape index (κ3) is 4.39. The molecule has 1 aliphatic heterocycles. The number of aryl methyl sites for hydroxylation is 1. The van der Waals surface area contributed by atoms with Crippen molar-refractivity contribution in [1.82, 2.24) is 4.72 Å². The second kappa shape index (κ2) is 7.82. The van der Waals surface area contributed by atoms with Crippen molar-refractivity contribution in [3.63, 3.8) is 0 Å². The van der Waals surface area contributed by atoms with Gasteiger partial charge < -0.3 is 4.90 Å². The largest absolute Gasteiger partial charge is 0.309 e. The number of sulfonamides is 1. The second-order valence-electron chi connectivity index (χ2n) is 7.37. The minimum Gasteiger partial charge on any atom is -0.309 e. The summed E-state index contributed by atoms with van der Waals surface area (Å²) >= 11 is 0. The first-order chi connectivity index (χ1) is 12.8. The van der Waals surface area contributed by atoms with Crippen LogP contribution in [-0.2, 0) is 27.7 Å². The van der Waals surface area contributed by atoms with Crippen molar-refractivity contribution in [3.05, 3.63) is 59.7 Å². The predicted molar refractivity (Wildman–Crippen MR) is 107 cm³/mol. The number of nitrogens with one attached hydrogen (secondary N) is 1. The van der Waals surface area contributed by atoms with E-state index in [4.69, 9.17) is 0 Å². The van der Waals surface area contributed by atoms with Gasteiger partial charge in [0.2, 0.25) is 15.9 Å². The van der Waals surface area contributed by atoms with Crippen molar-refractivity contribution < 1.29 is 13.2 Å². The van der Waals surface area contributed by atoms with Gasteiger partial charge in [-0.05, 0) is 62.9 Å². The molecule has 0 bridgehead atoms. The molecule has 1 atom stereocenters. The number of benzene rings is 2. The van der Waals surface area contributed by atoms with Crippen LogP contribution < -0.4 is 9.62 Å². The molecular formula is C21H26N2O3S. The number of carbonyl (C=O) groups excluding carboxylic acids is 1. The quantitative estimate of drug-likeness (QED) is 0.828. The van der Waals surface area contributed by atoms with Gasteiger partial charge in [-0.1, -0.05) is 30.3 Å². The Kier molecular flexibility index (Phi) is 5.67. The van der Waals surface area contributed by atoms with Crippen LogP contribution in [0.15, 0.2) is 53.4 Å². The highest BCUT2D eigenvalue weighted by Gasteiger charge is 2.30. The van der Waals surface area contributed by atoms with Gasteiger partial charge in [0.1, 0.15) is 0 Å². The molecule has 144 valence electrons. The maximum atomic E-state index is 12.8. The molecule has 0 spiro atoms. The van der Waals surface area contributed by atoms with Crippen LogP contribution in [0.3, 0.4) is 0 Å². The summed E-state index contributed by atoms with van der Waals surface area (Å²) in [5, 5.41) is 0. The molecule has 1 heterocycles. The number of para-hydroxylation sites is 1. The van der Waals surface area contributed by atoms with E-state index < -0.39 is 10.0 Å². The van der Waals surface area contributed by atoms with Gasteiger partial charge in [0.05, 0.1) is 4.90 Å². The molecule has 27 heavy (non-hydrogen) atoms.